The van der Waals surface area contributed by atoms with Gasteiger partial charge in [0, 0.05) is 24.9 Å². The summed E-state index contributed by atoms with van der Waals surface area (Å²) in [5, 5.41) is 3.16. The zero-order valence-corrected chi connectivity index (χ0v) is 13.4. The van der Waals surface area contributed by atoms with Crippen molar-refractivity contribution in [2.24, 2.45) is 0 Å². The number of nitrogens with zero attached hydrogens (tertiary/aromatic N) is 2. The molecule has 0 radical (unpaired) electrons. The van der Waals surface area contributed by atoms with E-state index in [-0.39, 0.29) is 18.2 Å². The number of ether oxygens (including phenoxy) is 1. The monoisotopic (exact) mass is 325 g/mol. The molecule has 1 aromatic heterocycles. The quantitative estimate of drug-likeness (QED) is 0.816. The third-order valence-corrected chi connectivity index (χ3v) is 3.98. The van der Waals surface area contributed by atoms with Crippen LogP contribution in [0.15, 0.2) is 48.7 Å². The molecular formula is C18H19N3O3. The third-order valence-electron chi connectivity index (χ3n) is 3.98. The molecule has 124 valence electrons. The Hall–Kier alpha value is -2.73. The number of hydrogen-bond acceptors (Lipinski definition) is 5. The fourth-order valence-corrected chi connectivity index (χ4v) is 2.71. The molecule has 1 aliphatic heterocycles. The Morgan fingerprint density at radius 1 is 1.21 bits per heavy atom. The van der Waals surface area contributed by atoms with Crippen molar-refractivity contribution in [3.63, 3.8) is 0 Å². The highest BCUT2D eigenvalue weighted by Gasteiger charge is 2.39. The Morgan fingerprint density at radius 2 is 2.00 bits per heavy atom. The Morgan fingerprint density at radius 3 is 2.67 bits per heavy atom. The van der Waals surface area contributed by atoms with Crippen molar-refractivity contribution in [1.29, 1.82) is 0 Å². The van der Waals surface area contributed by atoms with Crippen LogP contribution in [0.2, 0.25) is 0 Å². The van der Waals surface area contributed by atoms with E-state index in [0.29, 0.717) is 24.4 Å². The van der Waals surface area contributed by atoms with Gasteiger partial charge >= 0.3 is 0 Å². The van der Waals surface area contributed by atoms with E-state index in [2.05, 4.69) is 10.3 Å². The van der Waals surface area contributed by atoms with Crippen LogP contribution in [0.3, 0.4) is 0 Å². The van der Waals surface area contributed by atoms with Crippen molar-refractivity contribution >= 4 is 17.5 Å². The number of benzene rings is 1. The van der Waals surface area contributed by atoms with E-state index >= 15 is 0 Å². The van der Waals surface area contributed by atoms with Gasteiger partial charge in [-0.1, -0.05) is 6.07 Å². The lowest BCUT2D eigenvalue weighted by atomic mass is 10.2. The molecule has 1 N–H and O–H groups in total. The van der Waals surface area contributed by atoms with Crippen LogP contribution in [0.1, 0.15) is 12.1 Å². The fourth-order valence-electron chi connectivity index (χ4n) is 2.71. The number of pyridine rings is 1. The Kier molecular flexibility index (Phi) is 4.86. The molecule has 2 amide bonds. The molecule has 1 saturated heterocycles. The first-order valence-corrected chi connectivity index (χ1v) is 7.83. The van der Waals surface area contributed by atoms with Gasteiger partial charge in [0.25, 0.3) is 5.91 Å². The van der Waals surface area contributed by atoms with Crippen LogP contribution in [0.4, 0.5) is 5.69 Å². The Bertz CT molecular complexity index is 716. The van der Waals surface area contributed by atoms with Gasteiger partial charge in [-0.05, 0) is 36.4 Å². The highest BCUT2D eigenvalue weighted by molar-refractivity contribution is 6.22. The minimum atomic E-state index is -0.483. The largest absolute Gasteiger partial charge is 0.497 e. The first-order valence-electron chi connectivity index (χ1n) is 7.83. The molecule has 0 unspecified atom stereocenters. The second kappa shape index (κ2) is 7.23. The summed E-state index contributed by atoms with van der Waals surface area (Å²) in [4.78, 5) is 30.2. The number of nitrogens with one attached hydrogen (secondary N) is 1. The molecular weight excluding hydrogens is 306 g/mol. The second-order valence-electron chi connectivity index (χ2n) is 5.55. The second-order valence-corrected chi connectivity index (χ2v) is 5.55. The first kappa shape index (κ1) is 16.1. The lowest BCUT2D eigenvalue weighted by Crippen LogP contribution is -2.39. The first-order chi connectivity index (χ1) is 11.7. The summed E-state index contributed by atoms with van der Waals surface area (Å²) in [6.07, 6.45) is 2.62. The number of amides is 2. The van der Waals surface area contributed by atoms with Gasteiger partial charge in [-0.15, -0.1) is 0 Å². The maximum Gasteiger partial charge on any atom is 0.251 e. The summed E-state index contributed by atoms with van der Waals surface area (Å²) in [5.41, 5.74) is 1.52. The number of carbonyl (C=O) groups excluding carboxylic acids is 2. The van der Waals surface area contributed by atoms with Crippen molar-refractivity contribution in [3.05, 3.63) is 54.4 Å². The van der Waals surface area contributed by atoms with Gasteiger partial charge in [-0.3, -0.25) is 14.6 Å². The van der Waals surface area contributed by atoms with Gasteiger partial charge < -0.3 is 10.1 Å². The molecule has 1 atom stereocenters. The lowest BCUT2D eigenvalue weighted by Gasteiger charge is -2.16. The standard InChI is InChI=1S/C18H19N3O3/c1-24-15-7-5-14(6-8-15)21-17(22)12-16(18(21)23)20-11-9-13-4-2-3-10-19-13/h2-8,10,16,20H,9,11-12H2,1H3/t16-/m0/s1. The maximum absolute atomic E-state index is 12.5. The molecule has 3 rings (SSSR count). The average Bonchev–Trinajstić information content (AvgIpc) is 2.90. The molecule has 0 saturated carbocycles. The third kappa shape index (κ3) is 3.44. The van der Waals surface area contributed by atoms with E-state index in [4.69, 9.17) is 4.74 Å². The number of methoxy groups -OCH3 is 1. The normalized spacial score (nSPS) is 17.4. The number of anilines is 1. The predicted molar refractivity (Wildman–Crippen MR) is 89.8 cm³/mol. The van der Waals surface area contributed by atoms with Gasteiger partial charge in [0.2, 0.25) is 5.91 Å². The van der Waals surface area contributed by atoms with E-state index < -0.39 is 6.04 Å². The summed E-state index contributed by atoms with van der Waals surface area (Å²) < 4.78 is 5.10. The summed E-state index contributed by atoms with van der Waals surface area (Å²) in [5.74, 6) is 0.273. The minimum Gasteiger partial charge on any atom is -0.497 e. The predicted octanol–water partition coefficient (Wildman–Crippen LogP) is 1.55. The molecule has 6 heteroatoms. The number of carbonyl (C=O) groups is 2. The number of aromatic nitrogens is 1. The van der Waals surface area contributed by atoms with E-state index in [0.717, 1.165) is 5.69 Å². The Labute approximate surface area is 140 Å². The Balaban J connectivity index is 1.61. The number of rotatable bonds is 6. The summed E-state index contributed by atoms with van der Waals surface area (Å²) in [6.45, 7) is 0.594. The molecule has 1 fully saturated rings. The van der Waals surface area contributed by atoms with E-state index in [9.17, 15) is 9.59 Å². The molecule has 1 aliphatic rings. The average molecular weight is 325 g/mol. The molecule has 2 heterocycles. The molecule has 6 nitrogen and oxygen atoms in total. The molecule has 2 aromatic rings. The minimum absolute atomic E-state index is 0.174. The molecule has 0 spiro atoms. The van der Waals surface area contributed by atoms with Crippen molar-refractivity contribution in [2.45, 2.75) is 18.9 Å². The van der Waals surface area contributed by atoms with Crippen LogP contribution < -0.4 is 15.0 Å². The fraction of sp³-hybridized carbons (Fsp3) is 0.278. The molecule has 1 aromatic carbocycles. The van der Waals surface area contributed by atoms with E-state index in [1.165, 1.54) is 4.90 Å². The zero-order valence-electron chi connectivity index (χ0n) is 13.4. The van der Waals surface area contributed by atoms with Crippen LogP contribution in [-0.2, 0) is 16.0 Å². The van der Waals surface area contributed by atoms with E-state index in [1.807, 2.05) is 18.2 Å². The van der Waals surface area contributed by atoms with Crippen molar-refractivity contribution in [1.82, 2.24) is 10.3 Å². The summed E-state index contributed by atoms with van der Waals surface area (Å²) in [7, 11) is 1.57. The highest BCUT2D eigenvalue weighted by atomic mass is 16.5. The van der Waals surface area contributed by atoms with Gasteiger partial charge in [0.15, 0.2) is 0 Å². The van der Waals surface area contributed by atoms with E-state index in [1.54, 1.807) is 37.6 Å². The maximum atomic E-state index is 12.5. The number of hydrogen-bond donors (Lipinski definition) is 1. The SMILES string of the molecule is COc1ccc(N2C(=O)C[C@H](NCCc3ccccn3)C2=O)cc1. The van der Waals surface area contributed by atoms with Gasteiger partial charge in [-0.25, -0.2) is 4.90 Å². The summed E-state index contributed by atoms with van der Waals surface area (Å²) in [6, 6.07) is 12.1. The van der Waals surface area contributed by atoms with Gasteiger partial charge in [0.1, 0.15) is 5.75 Å². The van der Waals surface area contributed by atoms with Crippen molar-refractivity contribution in [2.75, 3.05) is 18.6 Å². The van der Waals surface area contributed by atoms with Crippen LogP contribution in [-0.4, -0.2) is 36.5 Å². The smallest absolute Gasteiger partial charge is 0.251 e. The van der Waals surface area contributed by atoms with Crippen LogP contribution in [0.5, 0.6) is 5.75 Å². The molecule has 24 heavy (non-hydrogen) atoms. The van der Waals surface area contributed by atoms with Crippen LogP contribution in [0, 0.1) is 0 Å². The summed E-state index contributed by atoms with van der Waals surface area (Å²) >= 11 is 0. The molecule has 0 aliphatic carbocycles. The molecule has 0 bridgehead atoms. The van der Waals surface area contributed by atoms with Gasteiger partial charge in [0.05, 0.1) is 25.3 Å². The lowest BCUT2D eigenvalue weighted by molar-refractivity contribution is -0.121. The topological polar surface area (TPSA) is 71.5 Å². The number of imide groups is 1. The zero-order chi connectivity index (χ0) is 16.9. The van der Waals surface area contributed by atoms with Crippen molar-refractivity contribution < 1.29 is 14.3 Å². The van der Waals surface area contributed by atoms with Crippen molar-refractivity contribution in [3.8, 4) is 5.75 Å². The van der Waals surface area contributed by atoms with Crippen LogP contribution >= 0.6 is 0 Å². The van der Waals surface area contributed by atoms with Gasteiger partial charge in [-0.2, -0.15) is 0 Å². The van der Waals surface area contributed by atoms with Crippen LogP contribution in [0.25, 0.3) is 0 Å². The highest BCUT2D eigenvalue weighted by Crippen LogP contribution is 2.25.